The molecule has 0 spiro atoms. The number of imide groups is 1. The van der Waals surface area contributed by atoms with Crippen LogP contribution in [0.1, 0.15) is 41.3 Å². The monoisotopic (exact) mass is 356 g/mol. The Labute approximate surface area is 152 Å². The molecular weight excluding hydrogens is 332 g/mol. The summed E-state index contributed by atoms with van der Waals surface area (Å²) in [5, 5.41) is 9.14. The Morgan fingerprint density at radius 2 is 2.08 bits per heavy atom. The Morgan fingerprint density at radius 3 is 2.77 bits per heavy atom. The van der Waals surface area contributed by atoms with E-state index in [1.54, 1.807) is 4.90 Å². The quantitative estimate of drug-likeness (QED) is 0.653. The molecule has 0 saturated carbocycles. The van der Waals surface area contributed by atoms with Crippen LogP contribution in [0.5, 0.6) is 0 Å². The Bertz CT molecular complexity index is 759. The summed E-state index contributed by atoms with van der Waals surface area (Å²) in [4.78, 5) is 38.2. The van der Waals surface area contributed by atoms with E-state index in [4.69, 9.17) is 0 Å². The molecule has 4 rings (SSSR count). The fraction of sp³-hybridized carbons (Fsp3) is 0.526. The molecule has 138 valence electrons. The summed E-state index contributed by atoms with van der Waals surface area (Å²) in [6.45, 7) is 5.30. The fourth-order valence-electron chi connectivity index (χ4n) is 3.94. The van der Waals surface area contributed by atoms with Crippen LogP contribution in [0.25, 0.3) is 0 Å². The molecule has 26 heavy (non-hydrogen) atoms. The topological polar surface area (TPSA) is 90.5 Å². The van der Waals surface area contributed by atoms with Gasteiger partial charge in [0.1, 0.15) is 6.04 Å². The summed E-state index contributed by atoms with van der Waals surface area (Å²) in [7, 11) is 0. The Balaban J connectivity index is 1.49. The lowest BCUT2D eigenvalue weighted by molar-refractivity contribution is -0.136. The molecule has 0 aromatic heterocycles. The number of rotatable bonds is 5. The van der Waals surface area contributed by atoms with Crippen molar-refractivity contribution in [2.75, 3.05) is 13.1 Å². The van der Waals surface area contributed by atoms with Gasteiger partial charge in [0, 0.05) is 44.2 Å². The lowest BCUT2D eigenvalue weighted by Crippen LogP contribution is -2.52. The van der Waals surface area contributed by atoms with Crippen LogP contribution in [0.15, 0.2) is 18.2 Å². The zero-order chi connectivity index (χ0) is 18.3. The molecule has 2 unspecified atom stereocenters. The molecule has 3 aliphatic heterocycles. The number of hydrogen-bond acceptors (Lipinski definition) is 5. The first-order valence-corrected chi connectivity index (χ1v) is 9.24. The van der Waals surface area contributed by atoms with Gasteiger partial charge in [0.2, 0.25) is 11.8 Å². The van der Waals surface area contributed by atoms with Gasteiger partial charge in [0.15, 0.2) is 0 Å². The number of fused-ring (bicyclic) bond motifs is 1. The van der Waals surface area contributed by atoms with Crippen molar-refractivity contribution in [2.24, 2.45) is 5.92 Å². The van der Waals surface area contributed by atoms with E-state index in [-0.39, 0.29) is 24.1 Å². The highest BCUT2D eigenvalue weighted by atomic mass is 16.2. The van der Waals surface area contributed by atoms with Gasteiger partial charge >= 0.3 is 0 Å². The summed E-state index contributed by atoms with van der Waals surface area (Å²) < 4.78 is 0. The molecule has 1 aromatic carbocycles. The number of nitrogens with one attached hydrogen (secondary N) is 3. The van der Waals surface area contributed by atoms with Crippen LogP contribution in [0.3, 0.4) is 0 Å². The molecule has 7 heteroatoms. The van der Waals surface area contributed by atoms with Gasteiger partial charge in [0.25, 0.3) is 5.91 Å². The van der Waals surface area contributed by atoms with E-state index in [0.29, 0.717) is 37.0 Å². The van der Waals surface area contributed by atoms with Crippen molar-refractivity contribution in [2.45, 2.75) is 44.9 Å². The maximum Gasteiger partial charge on any atom is 0.255 e. The number of carbonyl (C=O) groups excluding carboxylic acids is 3. The molecule has 3 heterocycles. The zero-order valence-electron chi connectivity index (χ0n) is 14.9. The first-order valence-electron chi connectivity index (χ1n) is 9.24. The van der Waals surface area contributed by atoms with Crippen LogP contribution in [0.2, 0.25) is 0 Å². The van der Waals surface area contributed by atoms with Gasteiger partial charge < -0.3 is 15.5 Å². The lowest BCUT2D eigenvalue weighted by Gasteiger charge is -2.33. The first-order chi connectivity index (χ1) is 12.5. The van der Waals surface area contributed by atoms with Gasteiger partial charge in [-0.25, -0.2) is 0 Å². The SMILES string of the molecule is CC(NCc1cccc2c1C(=O)N(C1CCC(=O)NC1=O)C2)C1CNC1. The van der Waals surface area contributed by atoms with E-state index >= 15 is 0 Å². The minimum Gasteiger partial charge on any atom is -0.322 e. The average Bonchev–Trinajstić information content (AvgIpc) is 2.89. The molecule has 0 radical (unpaired) electrons. The molecule has 2 saturated heterocycles. The number of carbonyl (C=O) groups is 3. The van der Waals surface area contributed by atoms with Crippen molar-refractivity contribution in [3.8, 4) is 0 Å². The van der Waals surface area contributed by atoms with Crippen molar-refractivity contribution < 1.29 is 14.4 Å². The number of piperidine rings is 1. The van der Waals surface area contributed by atoms with Gasteiger partial charge in [-0.1, -0.05) is 18.2 Å². The van der Waals surface area contributed by atoms with Crippen LogP contribution in [-0.2, 0) is 22.7 Å². The summed E-state index contributed by atoms with van der Waals surface area (Å²) in [6, 6.07) is 5.71. The Hall–Kier alpha value is -2.25. The van der Waals surface area contributed by atoms with Crippen LogP contribution in [0.4, 0.5) is 0 Å². The highest BCUT2D eigenvalue weighted by Gasteiger charge is 2.40. The summed E-state index contributed by atoms with van der Waals surface area (Å²) >= 11 is 0. The van der Waals surface area contributed by atoms with Crippen LogP contribution < -0.4 is 16.0 Å². The highest BCUT2D eigenvalue weighted by Crippen LogP contribution is 2.30. The summed E-state index contributed by atoms with van der Waals surface area (Å²) in [5.74, 6) is -0.111. The number of amides is 3. The normalized spacial score (nSPS) is 24.3. The predicted octanol–water partition coefficient (Wildman–Crippen LogP) is 0.145. The highest BCUT2D eigenvalue weighted by molar-refractivity contribution is 6.05. The second kappa shape index (κ2) is 6.81. The molecule has 0 aliphatic carbocycles. The van der Waals surface area contributed by atoms with Gasteiger partial charge in [-0.2, -0.15) is 0 Å². The smallest absolute Gasteiger partial charge is 0.255 e. The van der Waals surface area contributed by atoms with Crippen molar-refractivity contribution >= 4 is 17.7 Å². The maximum absolute atomic E-state index is 13.0. The minimum atomic E-state index is -0.562. The Morgan fingerprint density at radius 1 is 1.27 bits per heavy atom. The zero-order valence-corrected chi connectivity index (χ0v) is 14.9. The predicted molar refractivity (Wildman–Crippen MR) is 95.1 cm³/mol. The lowest BCUT2D eigenvalue weighted by atomic mass is 9.94. The molecule has 2 atom stereocenters. The summed E-state index contributed by atoms with van der Waals surface area (Å²) in [6.07, 6.45) is 0.668. The molecule has 3 N–H and O–H groups in total. The van der Waals surface area contributed by atoms with Crippen LogP contribution in [-0.4, -0.2) is 47.8 Å². The van der Waals surface area contributed by atoms with Gasteiger partial charge in [-0.3, -0.25) is 19.7 Å². The second-order valence-corrected chi connectivity index (χ2v) is 7.44. The average molecular weight is 356 g/mol. The van der Waals surface area contributed by atoms with E-state index in [9.17, 15) is 14.4 Å². The van der Waals surface area contributed by atoms with Crippen molar-refractivity contribution in [3.63, 3.8) is 0 Å². The van der Waals surface area contributed by atoms with Crippen LogP contribution in [0, 0.1) is 5.92 Å². The van der Waals surface area contributed by atoms with E-state index in [1.165, 1.54) is 0 Å². The van der Waals surface area contributed by atoms with Crippen molar-refractivity contribution in [3.05, 3.63) is 34.9 Å². The van der Waals surface area contributed by atoms with E-state index in [2.05, 4.69) is 22.9 Å². The Kier molecular flexibility index (Phi) is 4.50. The molecule has 3 amide bonds. The molecule has 3 aliphatic rings. The number of benzene rings is 1. The van der Waals surface area contributed by atoms with Crippen molar-refractivity contribution in [1.82, 2.24) is 20.9 Å². The largest absolute Gasteiger partial charge is 0.322 e. The minimum absolute atomic E-state index is 0.107. The maximum atomic E-state index is 13.0. The number of nitrogens with zero attached hydrogens (tertiary/aromatic N) is 1. The van der Waals surface area contributed by atoms with Gasteiger partial charge in [-0.15, -0.1) is 0 Å². The third-order valence-corrected chi connectivity index (χ3v) is 5.77. The molecule has 0 bridgehead atoms. The first kappa shape index (κ1) is 17.2. The van der Waals surface area contributed by atoms with E-state index < -0.39 is 6.04 Å². The van der Waals surface area contributed by atoms with Crippen molar-refractivity contribution in [1.29, 1.82) is 0 Å². The van der Waals surface area contributed by atoms with E-state index in [1.807, 2.05) is 18.2 Å². The van der Waals surface area contributed by atoms with E-state index in [0.717, 1.165) is 24.2 Å². The van der Waals surface area contributed by atoms with Crippen LogP contribution >= 0.6 is 0 Å². The summed E-state index contributed by atoms with van der Waals surface area (Å²) in [5.41, 5.74) is 2.64. The molecule has 1 aromatic rings. The third kappa shape index (κ3) is 3.01. The molecule has 2 fully saturated rings. The second-order valence-electron chi connectivity index (χ2n) is 7.44. The van der Waals surface area contributed by atoms with Gasteiger partial charge in [-0.05, 0) is 30.4 Å². The fourth-order valence-corrected chi connectivity index (χ4v) is 3.94. The molecule has 7 nitrogen and oxygen atoms in total. The number of hydrogen-bond donors (Lipinski definition) is 3. The molecular formula is C19H24N4O3. The van der Waals surface area contributed by atoms with Gasteiger partial charge in [0.05, 0.1) is 0 Å². The third-order valence-electron chi connectivity index (χ3n) is 5.77. The standard InChI is InChI=1S/C19H24N4O3/c1-11(14-7-20-8-14)21-9-12-3-2-4-13-10-23(19(26)17(12)13)15-5-6-16(24)22-18(15)25/h2-4,11,14-15,20-21H,5-10H2,1H3,(H,22,24,25).